The number of ether oxygens (including phenoxy) is 1. The van der Waals surface area contributed by atoms with E-state index in [4.69, 9.17) is 4.74 Å². The molecule has 0 heterocycles. The molecule has 8 heteroatoms. The Morgan fingerprint density at radius 1 is 1.27 bits per heavy atom. The van der Waals surface area contributed by atoms with Crippen molar-refractivity contribution < 1.29 is 24.4 Å². The van der Waals surface area contributed by atoms with E-state index in [0.29, 0.717) is 5.56 Å². The lowest BCUT2D eigenvalue weighted by molar-refractivity contribution is -0.384. The van der Waals surface area contributed by atoms with Crippen LogP contribution in [0.4, 0.5) is 5.69 Å². The topological polar surface area (TPSA) is 119 Å². The quantitative estimate of drug-likeness (QED) is 0.435. The van der Waals surface area contributed by atoms with Gasteiger partial charge in [0.15, 0.2) is 0 Å². The first-order valence-electron chi connectivity index (χ1n) is 8.74. The summed E-state index contributed by atoms with van der Waals surface area (Å²) < 4.78 is 5.33. The van der Waals surface area contributed by atoms with Gasteiger partial charge < -0.3 is 15.2 Å². The van der Waals surface area contributed by atoms with Crippen molar-refractivity contribution in [1.82, 2.24) is 5.32 Å². The molecule has 1 aliphatic carbocycles. The van der Waals surface area contributed by atoms with Crippen molar-refractivity contribution in [3.8, 4) is 0 Å². The fourth-order valence-electron chi connectivity index (χ4n) is 3.13. The minimum absolute atomic E-state index is 0.0965. The van der Waals surface area contributed by atoms with Gasteiger partial charge in [0.2, 0.25) is 5.91 Å². The fraction of sp³-hybridized carbons (Fsp3) is 0.556. The van der Waals surface area contributed by atoms with E-state index in [9.17, 15) is 24.8 Å². The van der Waals surface area contributed by atoms with Gasteiger partial charge in [-0.2, -0.15) is 0 Å². The Balaban J connectivity index is 2.01. The van der Waals surface area contributed by atoms with Crippen LogP contribution in [-0.4, -0.2) is 34.6 Å². The predicted octanol–water partition coefficient (Wildman–Crippen LogP) is 2.26. The number of amides is 1. The summed E-state index contributed by atoms with van der Waals surface area (Å²) in [4.78, 5) is 33.8. The molecule has 2 atom stereocenters. The molecule has 1 aromatic rings. The average Bonchev–Trinajstić information content (AvgIpc) is 2.64. The molecule has 2 N–H and O–H groups in total. The van der Waals surface area contributed by atoms with Crippen LogP contribution in [0.1, 0.15) is 50.7 Å². The highest BCUT2D eigenvalue weighted by Crippen LogP contribution is 2.25. The van der Waals surface area contributed by atoms with Gasteiger partial charge in [-0.25, -0.2) is 0 Å². The molecule has 142 valence electrons. The second-order valence-electron chi connectivity index (χ2n) is 6.57. The summed E-state index contributed by atoms with van der Waals surface area (Å²) in [7, 11) is 0. The number of carbonyl (C=O) groups is 2. The number of nitrogens with one attached hydrogen (secondary N) is 1. The van der Waals surface area contributed by atoms with E-state index in [1.165, 1.54) is 31.2 Å². The van der Waals surface area contributed by atoms with Crippen molar-refractivity contribution in [1.29, 1.82) is 0 Å². The van der Waals surface area contributed by atoms with Crippen molar-refractivity contribution in [3.05, 3.63) is 39.9 Å². The number of nitro benzene ring substituents is 1. The van der Waals surface area contributed by atoms with Gasteiger partial charge in [-0.15, -0.1) is 0 Å². The van der Waals surface area contributed by atoms with Crippen LogP contribution in [0.2, 0.25) is 0 Å². The molecular formula is C18H24N2O6. The first kappa shape index (κ1) is 19.8. The summed E-state index contributed by atoms with van der Waals surface area (Å²) in [5, 5.41) is 23.8. The van der Waals surface area contributed by atoms with Crippen molar-refractivity contribution in [2.45, 2.75) is 51.2 Å². The third-order valence-corrected chi connectivity index (χ3v) is 4.56. The maximum Gasteiger partial charge on any atom is 0.309 e. The van der Waals surface area contributed by atoms with Crippen LogP contribution in [0.25, 0.3) is 0 Å². The van der Waals surface area contributed by atoms with E-state index < -0.39 is 17.1 Å². The zero-order valence-corrected chi connectivity index (χ0v) is 14.7. The Labute approximate surface area is 151 Å². The molecule has 0 radical (unpaired) electrons. The van der Waals surface area contributed by atoms with E-state index in [1.54, 1.807) is 0 Å². The zero-order valence-electron chi connectivity index (χ0n) is 14.7. The van der Waals surface area contributed by atoms with Crippen LogP contribution in [0, 0.1) is 16.0 Å². The third kappa shape index (κ3) is 5.52. The van der Waals surface area contributed by atoms with Crippen LogP contribution in [-0.2, 0) is 14.3 Å². The number of nitrogens with zero attached hydrogens (tertiary/aromatic N) is 1. The third-order valence-electron chi connectivity index (χ3n) is 4.56. The number of esters is 1. The summed E-state index contributed by atoms with van der Waals surface area (Å²) in [6.07, 6.45) is 3.57. The SMILES string of the molecule is CC(=O)NC(COC(=O)C1CCCCC1)C(O)c1ccc([N+](=O)[O-])cc1. The molecule has 2 rings (SSSR count). The summed E-state index contributed by atoms with van der Waals surface area (Å²) in [5.74, 6) is -0.807. The Bertz CT molecular complexity index is 640. The smallest absolute Gasteiger partial charge is 0.309 e. The van der Waals surface area contributed by atoms with Gasteiger partial charge in [-0.3, -0.25) is 19.7 Å². The average molecular weight is 364 g/mol. The predicted molar refractivity (Wildman–Crippen MR) is 93.2 cm³/mol. The number of aliphatic hydroxyl groups excluding tert-OH is 1. The molecule has 0 aromatic heterocycles. The highest BCUT2D eigenvalue weighted by molar-refractivity contribution is 5.74. The number of benzene rings is 1. The maximum atomic E-state index is 12.2. The minimum Gasteiger partial charge on any atom is -0.463 e. The summed E-state index contributed by atoms with van der Waals surface area (Å²) in [5.41, 5.74) is 0.295. The Morgan fingerprint density at radius 2 is 1.88 bits per heavy atom. The lowest BCUT2D eigenvalue weighted by Crippen LogP contribution is -2.42. The van der Waals surface area contributed by atoms with E-state index in [0.717, 1.165) is 32.1 Å². The molecule has 0 saturated heterocycles. The van der Waals surface area contributed by atoms with Gasteiger partial charge in [0, 0.05) is 19.1 Å². The van der Waals surface area contributed by atoms with Gasteiger partial charge >= 0.3 is 5.97 Å². The normalized spacial score (nSPS) is 17.2. The Kier molecular flexibility index (Phi) is 7.08. The number of carbonyl (C=O) groups excluding carboxylic acids is 2. The molecule has 2 unspecified atom stereocenters. The standard InChI is InChI=1S/C18H24N2O6/c1-12(21)19-16(11-26-18(23)14-5-3-2-4-6-14)17(22)13-7-9-15(10-8-13)20(24)25/h7-10,14,16-17,22H,2-6,11H2,1H3,(H,19,21). The first-order chi connectivity index (χ1) is 12.4. The number of aliphatic hydroxyl groups is 1. The van der Waals surface area contributed by atoms with Crippen molar-refractivity contribution in [2.24, 2.45) is 5.92 Å². The molecule has 8 nitrogen and oxygen atoms in total. The Morgan fingerprint density at radius 3 is 2.42 bits per heavy atom. The summed E-state index contributed by atoms with van der Waals surface area (Å²) >= 11 is 0. The van der Waals surface area contributed by atoms with Crippen molar-refractivity contribution in [3.63, 3.8) is 0 Å². The summed E-state index contributed by atoms with van der Waals surface area (Å²) in [6.45, 7) is 1.14. The highest BCUT2D eigenvalue weighted by atomic mass is 16.6. The largest absolute Gasteiger partial charge is 0.463 e. The zero-order chi connectivity index (χ0) is 19.1. The molecule has 26 heavy (non-hydrogen) atoms. The molecule has 0 bridgehead atoms. The second kappa shape index (κ2) is 9.28. The molecule has 0 spiro atoms. The van der Waals surface area contributed by atoms with Gasteiger partial charge in [0.05, 0.1) is 16.9 Å². The van der Waals surface area contributed by atoms with Crippen LogP contribution in [0.15, 0.2) is 24.3 Å². The fourth-order valence-corrected chi connectivity index (χ4v) is 3.13. The van der Waals surface area contributed by atoms with Gasteiger partial charge in [-0.05, 0) is 30.5 Å². The number of hydrogen-bond donors (Lipinski definition) is 2. The molecule has 1 fully saturated rings. The number of nitro groups is 1. The van der Waals surface area contributed by atoms with Crippen LogP contribution >= 0.6 is 0 Å². The van der Waals surface area contributed by atoms with E-state index >= 15 is 0 Å². The first-order valence-corrected chi connectivity index (χ1v) is 8.74. The van der Waals surface area contributed by atoms with Crippen LogP contribution in [0.3, 0.4) is 0 Å². The molecule has 1 aliphatic rings. The van der Waals surface area contributed by atoms with E-state index in [-0.39, 0.29) is 30.1 Å². The highest BCUT2D eigenvalue weighted by Gasteiger charge is 2.27. The lowest BCUT2D eigenvalue weighted by atomic mass is 9.89. The monoisotopic (exact) mass is 364 g/mol. The molecule has 1 amide bonds. The molecule has 1 aromatic carbocycles. The van der Waals surface area contributed by atoms with E-state index in [1.807, 2.05) is 0 Å². The molecular weight excluding hydrogens is 340 g/mol. The second-order valence-corrected chi connectivity index (χ2v) is 6.57. The van der Waals surface area contributed by atoms with Crippen molar-refractivity contribution >= 4 is 17.6 Å². The number of hydrogen-bond acceptors (Lipinski definition) is 6. The van der Waals surface area contributed by atoms with Crippen molar-refractivity contribution in [2.75, 3.05) is 6.61 Å². The Hall–Kier alpha value is -2.48. The number of rotatable bonds is 7. The maximum absolute atomic E-state index is 12.2. The van der Waals surface area contributed by atoms with E-state index in [2.05, 4.69) is 5.32 Å². The molecule has 1 saturated carbocycles. The lowest BCUT2D eigenvalue weighted by Gasteiger charge is -2.25. The minimum atomic E-state index is -1.15. The van der Waals surface area contributed by atoms with Crippen LogP contribution in [0.5, 0.6) is 0 Å². The van der Waals surface area contributed by atoms with Crippen LogP contribution < -0.4 is 5.32 Å². The van der Waals surface area contributed by atoms with Gasteiger partial charge in [0.1, 0.15) is 12.7 Å². The van der Waals surface area contributed by atoms with Gasteiger partial charge in [-0.1, -0.05) is 19.3 Å². The summed E-state index contributed by atoms with van der Waals surface area (Å²) in [6, 6.07) is 4.55. The molecule has 0 aliphatic heterocycles. The number of non-ortho nitro benzene ring substituents is 1. The van der Waals surface area contributed by atoms with Gasteiger partial charge in [0.25, 0.3) is 5.69 Å².